The fraction of sp³-hybridized carbons (Fsp3) is 0.293. The van der Waals surface area contributed by atoms with E-state index in [1.54, 1.807) is 72.5 Å². The zero-order chi connectivity index (χ0) is 40.6. The van der Waals surface area contributed by atoms with Crippen LogP contribution < -0.4 is 30.2 Å². The minimum atomic E-state index is -0.634. The van der Waals surface area contributed by atoms with Gasteiger partial charge in [-0.1, -0.05) is 24.3 Å². The van der Waals surface area contributed by atoms with E-state index in [1.807, 2.05) is 26.8 Å². The number of thiophene rings is 1. The van der Waals surface area contributed by atoms with Gasteiger partial charge in [-0.3, -0.25) is 14.4 Å². The molecule has 0 saturated carbocycles. The molecule has 0 aliphatic carbocycles. The van der Waals surface area contributed by atoms with Gasteiger partial charge >= 0.3 is 6.09 Å². The van der Waals surface area contributed by atoms with Crippen molar-refractivity contribution in [1.29, 1.82) is 5.26 Å². The maximum absolute atomic E-state index is 13.8. The molecule has 0 bridgehead atoms. The highest BCUT2D eigenvalue weighted by molar-refractivity contribution is 8.00. The summed E-state index contributed by atoms with van der Waals surface area (Å²) in [6, 6.07) is 21.0. The van der Waals surface area contributed by atoms with E-state index in [1.165, 1.54) is 50.5 Å². The van der Waals surface area contributed by atoms with Gasteiger partial charge in [-0.25, -0.2) is 4.79 Å². The summed E-state index contributed by atoms with van der Waals surface area (Å²) in [7, 11) is 4.44. The molecule has 4 amide bonds. The Kier molecular flexibility index (Phi) is 13.3. The topological polar surface area (TPSA) is 168 Å². The minimum absolute atomic E-state index is 0.0555. The molecule has 3 N–H and O–H groups in total. The van der Waals surface area contributed by atoms with Crippen LogP contribution in [0.3, 0.4) is 0 Å². The maximum Gasteiger partial charge on any atom is 0.410 e. The molecule has 1 atom stereocenters. The van der Waals surface area contributed by atoms with Crippen molar-refractivity contribution in [3.05, 3.63) is 99.6 Å². The molecule has 15 heteroatoms. The van der Waals surface area contributed by atoms with Gasteiger partial charge in [-0.15, -0.1) is 23.1 Å². The van der Waals surface area contributed by atoms with Crippen LogP contribution in [-0.4, -0.2) is 67.4 Å². The Morgan fingerprint density at radius 2 is 1.64 bits per heavy atom. The monoisotopic (exact) mass is 797 g/mol. The largest absolute Gasteiger partial charge is 0.493 e. The van der Waals surface area contributed by atoms with Crippen molar-refractivity contribution in [1.82, 2.24) is 10.2 Å². The number of nitriles is 1. The van der Waals surface area contributed by atoms with E-state index in [0.29, 0.717) is 62.5 Å². The number of benzene rings is 3. The van der Waals surface area contributed by atoms with E-state index in [4.69, 9.17) is 18.9 Å². The summed E-state index contributed by atoms with van der Waals surface area (Å²) in [5.74, 6) is -0.315. The Balaban J connectivity index is 1.31. The highest BCUT2D eigenvalue weighted by Gasteiger charge is 2.31. The lowest BCUT2D eigenvalue weighted by Gasteiger charge is -2.29. The summed E-state index contributed by atoms with van der Waals surface area (Å²) in [6.45, 7) is 7.86. The number of methoxy groups -OCH3 is 3. The van der Waals surface area contributed by atoms with Gasteiger partial charge in [0.2, 0.25) is 11.7 Å². The zero-order valence-corrected chi connectivity index (χ0v) is 33.7. The van der Waals surface area contributed by atoms with Crippen molar-refractivity contribution in [2.24, 2.45) is 0 Å². The van der Waals surface area contributed by atoms with Crippen molar-refractivity contribution < 1.29 is 38.1 Å². The van der Waals surface area contributed by atoms with E-state index in [2.05, 4.69) is 22.0 Å². The predicted octanol–water partition coefficient (Wildman–Crippen LogP) is 7.47. The molecular formula is C41H43N5O8S2. The van der Waals surface area contributed by atoms with Gasteiger partial charge in [-0.05, 0) is 93.8 Å². The first-order chi connectivity index (χ1) is 26.7. The first-order valence-corrected chi connectivity index (χ1v) is 19.2. The molecule has 292 valence electrons. The van der Waals surface area contributed by atoms with Crippen LogP contribution in [0.4, 0.5) is 15.5 Å². The molecule has 1 aliphatic heterocycles. The smallest absolute Gasteiger partial charge is 0.410 e. The van der Waals surface area contributed by atoms with Crippen LogP contribution in [0.2, 0.25) is 0 Å². The molecule has 13 nitrogen and oxygen atoms in total. The average molecular weight is 798 g/mol. The molecule has 4 aromatic rings. The second kappa shape index (κ2) is 18.1. The number of hydrogen-bond donors (Lipinski definition) is 3. The average Bonchev–Trinajstić information content (AvgIpc) is 3.52. The standard InChI is InChI=1S/C41H43N5O8S2/c1-24(36(47)45-39-30(22-42)29-16-17-46(23-34(29)56-39)40(50)54-41(2,3)4)55-28-15-11-14-27(21-28)43-38(49)31(44-37(48)26-12-9-8-10-13-26)18-25-19-32(51-5)35(53-7)33(20-25)52-6/h8-15,18-21,24H,16-17,23H2,1-7H3,(H,43,49)(H,44,48)(H,45,47)/b31-18+. The Labute approximate surface area is 334 Å². The summed E-state index contributed by atoms with van der Waals surface area (Å²) in [5, 5.41) is 18.3. The van der Waals surface area contributed by atoms with E-state index in [-0.39, 0.29) is 18.1 Å². The minimum Gasteiger partial charge on any atom is -0.493 e. The molecule has 1 unspecified atom stereocenters. The van der Waals surface area contributed by atoms with E-state index >= 15 is 0 Å². The van der Waals surface area contributed by atoms with Crippen LogP contribution in [0.1, 0.15) is 59.6 Å². The van der Waals surface area contributed by atoms with Crippen molar-refractivity contribution in [3.8, 4) is 23.3 Å². The van der Waals surface area contributed by atoms with Gasteiger partial charge < -0.3 is 39.8 Å². The van der Waals surface area contributed by atoms with Crippen LogP contribution in [0, 0.1) is 11.3 Å². The SMILES string of the molecule is COc1cc(/C=C(/NC(=O)c2ccccc2)C(=O)Nc2cccc(SC(C)C(=O)Nc3sc4c(c3C#N)CCN(C(=O)OC(C)(C)C)C4)c2)cc(OC)c1OC. The lowest BCUT2D eigenvalue weighted by molar-refractivity contribution is -0.115. The number of carbonyl (C=O) groups is 4. The molecule has 56 heavy (non-hydrogen) atoms. The van der Waals surface area contributed by atoms with Crippen molar-refractivity contribution in [2.45, 2.75) is 56.4 Å². The van der Waals surface area contributed by atoms with Gasteiger partial charge in [0.15, 0.2) is 11.5 Å². The lowest BCUT2D eigenvalue weighted by atomic mass is 10.0. The predicted molar refractivity (Wildman–Crippen MR) is 216 cm³/mol. The number of nitrogens with zero attached hydrogens (tertiary/aromatic N) is 2. The summed E-state index contributed by atoms with van der Waals surface area (Å²) < 4.78 is 21.9. The first kappa shape index (κ1) is 41.2. The quantitative estimate of drug-likeness (QED) is 0.0967. The summed E-state index contributed by atoms with van der Waals surface area (Å²) in [4.78, 5) is 56.3. The number of anilines is 2. The molecule has 0 spiro atoms. The van der Waals surface area contributed by atoms with E-state index in [0.717, 1.165) is 10.4 Å². The molecule has 2 heterocycles. The van der Waals surface area contributed by atoms with Gasteiger partial charge in [0, 0.05) is 27.6 Å². The molecular weight excluding hydrogens is 755 g/mol. The Morgan fingerprint density at radius 1 is 0.946 bits per heavy atom. The lowest BCUT2D eigenvalue weighted by Crippen LogP contribution is -2.39. The van der Waals surface area contributed by atoms with E-state index < -0.39 is 28.8 Å². The Morgan fingerprint density at radius 3 is 2.27 bits per heavy atom. The summed E-state index contributed by atoms with van der Waals surface area (Å²) in [5.41, 5.74) is 1.81. The maximum atomic E-state index is 13.8. The zero-order valence-electron chi connectivity index (χ0n) is 32.1. The van der Waals surface area contributed by atoms with Crippen LogP contribution in [0.5, 0.6) is 17.2 Å². The third-order valence-corrected chi connectivity index (χ3v) is 10.6. The molecule has 0 saturated heterocycles. The number of fused-ring (bicyclic) bond motifs is 1. The number of rotatable bonds is 12. The summed E-state index contributed by atoms with van der Waals surface area (Å²) in [6.07, 6.45) is 1.55. The number of nitrogens with one attached hydrogen (secondary N) is 3. The number of ether oxygens (including phenoxy) is 4. The molecule has 5 rings (SSSR count). The Hall–Kier alpha value is -5.98. The Bertz CT molecular complexity index is 2160. The number of amides is 4. The summed E-state index contributed by atoms with van der Waals surface area (Å²) >= 11 is 2.55. The fourth-order valence-corrected chi connectivity index (χ4v) is 7.85. The van der Waals surface area contributed by atoms with Crippen LogP contribution in [-0.2, 0) is 27.3 Å². The second-order valence-electron chi connectivity index (χ2n) is 13.5. The number of carbonyl (C=O) groups excluding carboxylic acids is 4. The van der Waals surface area contributed by atoms with Crippen molar-refractivity contribution >= 4 is 63.7 Å². The highest BCUT2D eigenvalue weighted by atomic mass is 32.2. The molecule has 3 aromatic carbocycles. The molecule has 0 fully saturated rings. The van der Waals surface area contributed by atoms with Gasteiger partial charge in [0.05, 0.1) is 38.7 Å². The van der Waals surface area contributed by atoms with Gasteiger partial charge in [0.25, 0.3) is 11.8 Å². The first-order valence-electron chi connectivity index (χ1n) is 17.5. The van der Waals surface area contributed by atoms with Crippen LogP contribution >= 0.6 is 23.1 Å². The van der Waals surface area contributed by atoms with Crippen molar-refractivity contribution in [3.63, 3.8) is 0 Å². The fourth-order valence-electron chi connectivity index (χ4n) is 5.70. The van der Waals surface area contributed by atoms with E-state index in [9.17, 15) is 24.4 Å². The van der Waals surface area contributed by atoms with Gasteiger partial charge in [-0.2, -0.15) is 5.26 Å². The molecule has 1 aromatic heterocycles. The van der Waals surface area contributed by atoms with Crippen LogP contribution in [0.25, 0.3) is 6.08 Å². The van der Waals surface area contributed by atoms with Crippen molar-refractivity contribution in [2.75, 3.05) is 38.5 Å². The number of thioether (sulfide) groups is 1. The third kappa shape index (κ3) is 10.2. The molecule has 0 radical (unpaired) electrons. The van der Waals surface area contributed by atoms with Crippen LogP contribution in [0.15, 0.2) is 77.3 Å². The molecule has 1 aliphatic rings. The second-order valence-corrected chi connectivity index (χ2v) is 16.1. The van der Waals surface area contributed by atoms with Gasteiger partial charge in [0.1, 0.15) is 22.4 Å². The highest BCUT2D eigenvalue weighted by Crippen LogP contribution is 2.39. The normalized spacial score (nSPS) is 13.0. The third-order valence-electron chi connectivity index (χ3n) is 8.36. The number of hydrogen-bond acceptors (Lipinski definition) is 11.